The molecule has 0 radical (unpaired) electrons. The second-order valence-electron chi connectivity index (χ2n) is 7.07. The van der Waals surface area contributed by atoms with Gasteiger partial charge in [-0.2, -0.15) is 18.3 Å². The van der Waals surface area contributed by atoms with E-state index in [2.05, 4.69) is 41.1 Å². The van der Waals surface area contributed by atoms with E-state index in [9.17, 15) is 22.0 Å². The van der Waals surface area contributed by atoms with Gasteiger partial charge in [0, 0.05) is 5.39 Å². The number of hydrogen-bond donors (Lipinski definition) is 0. The highest BCUT2D eigenvalue weighted by Gasteiger charge is 2.38. The van der Waals surface area contributed by atoms with Crippen LogP contribution in [0.25, 0.3) is 26.1 Å². The molecule has 5 rings (SSSR count). The molecule has 0 N–H and O–H groups in total. The summed E-state index contributed by atoms with van der Waals surface area (Å²) >= 11 is 4.10. The third-order valence-electron chi connectivity index (χ3n) is 4.94. The zero-order valence-corrected chi connectivity index (χ0v) is 18.6. The van der Waals surface area contributed by atoms with Crippen LogP contribution in [-0.4, -0.2) is 34.3 Å². The standard InChI is InChI=1S/C18H11BrF5N7S/c1-6-3-8(15(20)21)26-17-10(6)12-13(32-17)16-27-9(28-31(16)5-25-12)4-30-7(2)11(19)14(29-30)18(22,23)24/h3,5,15H,4H2,1-2H3. The van der Waals surface area contributed by atoms with Crippen molar-refractivity contribution in [3.8, 4) is 0 Å². The second kappa shape index (κ2) is 7.13. The van der Waals surface area contributed by atoms with Crippen molar-refractivity contribution in [1.29, 1.82) is 0 Å². The van der Waals surface area contributed by atoms with E-state index in [-0.39, 0.29) is 28.2 Å². The molecular weight excluding hydrogens is 521 g/mol. The average Bonchev–Trinajstić information content (AvgIpc) is 3.36. The van der Waals surface area contributed by atoms with Gasteiger partial charge in [-0.3, -0.25) is 4.68 Å². The van der Waals surface area contributed by atoms with E-state index >= 15 is 0 Å². The van der Waals surface area contributed by atoms with E-state index in [1.54, 1.807) is 6.92 Å². The Morgan fingerprint density at radius 3 is 2.56 bits per heavy atom. The number of thiophene rings is 1. The molecule has 0 saturated carbocycles. The number of nitrogens with zero attached hydrogens (tertiary/aromatic N) is 7. The van der Waals surface area contributed by atoms with Gasteiger partial charge in [0.25, 0.3) is 6.43 Å². The van der Waals surface area contributed by atoms with Gasteiger partial charge in [0.2, 0.25) is 0 Å². The van der Waals surface area contributed by atoms with Crippen molar-refractivity contribution in [2.45, 2.75) is 33.0 Å². The molecule has 0 atom stereocenters. The van der Waals surface area contributed by atoms with Crippen LogP contribution in [0.5, 0.6) is 0 Å². The highest BCUT2D eigenvalue weighted by Crippen LogP contribution is 2.37. The van der Waals surface area contributed by atoms with Crippen LogP contribution in [0, 0.1) is 13.8 Å². The minimum atomic E-state index is -4.60. The molecule has 5 heterocycles. The third kappa shape index (κ3) is 3.23. The Kier molecular flexibility index (Phi) is 4.71. The number of aromatic nitrogens is 7. The molecule has 0 spiro atoms. The Bertz CT molecular complexity index is 1520. The Morgan fingerprint density at radius 1 is 1.16 bits per heavy atom. The molecule has 0 aliphatic heterocycles. The van der Waals surface area contributed by atoms with Gasteiger partial charge in [0.1, 0.15) is 28.1 Å². The van der Waals surface area contributed by atoms with Crippen molar-refractivity contribution in [1.82, 2.24) is 34.3 Å². The molecule has 5 aromatic rings. The van der Waals surface area contributed by atoms with Crippen LogP contribution in [0.2, 0.25) is 0 Å². The first-order valence-corrected chi connectivity index (χ1v) is 10.7. The van der Waals surface area contributed by atoms with Crippen molar-refractivity contribution in [2.24, 2.45) is 0 Å². The smallest absolute Gasteiger partial charge is 0.260 e. The molecule has 0 bridgehead atoms. The van der Waals surface area contributed by atoms with Gasteiger partial charge in [0.15, 0.2) is 17.2 Å². The highest BCUT2D eigenvalue weighted by atomic mass is 79.9. The zero-order valence-electron chi connectivity index (χ0n) is 16.2. The Morgan fingerprint density at radius 2 is 1.91 bits per heavy atom. The van der Waals surface area contributed by atoms with Gasteiger partial charge in [-0.25, -0.2) is 28.2 Å². The van der Waals surface area contributed by atoms with E-state index < -0.39 is 18.3 Å². The monoisotopic (exact) mass is 531 g/mol. The first-order chi connectivity index (χ1) is 15.0. The lowest BCUT2D eigenvalue weighted by Gasteiger charge is -2.01. The topological polar surface area (TPSA) is 73.8 Å². The lowest BCUT2D eigenvalue weighted by molar-refractivity contribution is -0.142. The van der Waals surface area contributed by atoms with Gasteiger partial charge in [-0.05, 0) is 41.4 Å². The van der Waals surface area contributed by atoms with Gasteiger partial charge in [-0.15, -0.1) is 16.4 Å². The summed E-state index contributed by atoms with van der Waals surface area (Å²) in [7, 11) is 0. The van der Waals surface area contributed by atoms with Crippen molar-refractivity contribution in [2.75, 3.05) is 0 Å². The average molecular weight is 532 g/mol. The first kappa shape index (κ1) is 21.1. The minimum Gasteiger partial charge on any atom is -0.260 e. The number of hydrogen-bond acceptors (Lipinski definition) is 6. The predicted molar refractivity (Wildman–Crippen MR) is 110 cm³/mol. The van der Waals surface area contributed by atoms with E-state index in [1.165, 1.54) is 23.8 Å². The maximum Gasteiger partial charge on any atom is 0.436 e. The maximum absolute atomic E-state index is 13.1. The van der Waals surface area contributed by atoms with Gasteiger partial charge >= 0.3 is 6.18 Å². The number of rotatable bonds is 3. The summed E-state index contributed by atoms with van der Waals surface area (Å²) in [6.07, 6.45) is -5.88. The van der Waals surface area contributed by atoms with Crippen LogP contribution >= 0.6 is 27.3 Å². The molecule has 14 heteroatoms. The summed E-state index contributed by atoms with van der Waals surface area (Å²) < 4.78 is 68.7. The summed E-state index contributed by atoms with van der Waals surface area (Å²) in [5.41, 5.74) is 0.514. The summed E-state index contributed by atoms with van der Waals surface area (Å²) in [4.78, 5) is 13.3. The summed E-state index contributed by atoms with van der Waals surface area (Å²) in [6, 6.07) is 1.33. The van der Waals surface area contributed by atoms with E-state index in [1.807, 2.05) is 0 Å². The van der Waals surface area contributed by atoms with Crippen LogP contribution in [0.4, 0.5) is 22.0 Å². The van der Waals surface area contributed by atoms with E-state index in [0.29, 0.717) is 31.6 Å². The molecule has 0 aromatic carbocycles. The SMILES string of the molecule is Cc1cc(C(F)F)nc2sc3c(ncn4nc(Cn5nc(C(F)(F)F)c(Br)c5C)nc34)c12. The maximum atomic E-state index is 13.1. The van der Waals surface area contributed by atoms with Crippen molar-refractivity contribution in [3.05, 3.63) is 45.3 Å². The van der Waals surface area contributed by atoms with Crippen molar-refractivity contribution in [3.63, 3.8) is 0 Å². The zero-order chi connectivity index (χ0) is 22.9. The fraction of sp³-hybridized carbons (Fsp3) is 0.278. The normalized spacial score (nSPS) is 12.8. The molecule has 0 saturated heterocycles. The Hall–Kier alpha value is -2.74. The molecule has 0 aliphatic rings. The van der Waals surface area contributed by atoms with Crippen LogP contribution in [0.3, 0.4) is 0 Å². The summed E-state index contributed by atoms with van der Waals surface area (Å²) in [5, 5.41) is 8.59. The minimum absolute atomic E-state index is 0.0958. The molecule has 7 nitrogen and oxygen atoms in total. The molecule has 0 amide bonds. The fourth-order valence-electron chi connectivity index (χ4n) is 3.45. The Labute approximate surface area is 188 Å². The van der Waals surface area contributed by atoms with Crippen LogP contribution in [0.1, 0.15) is 34.9 Å². The molecule has 0 fully saturated rings. The van der Waals surface area contributed by atoms with E-state index in [4.69, 9.17) is 0 Å². The summed E-state index contributed by atoms with van der Waals surface area (Å²) in [6.45, 7) is 3.12. The fourth-order valence-corrected chi connectivity index (χ4v) is 5.15. The molecule has 0 unspecified atom stereocenters. The molecule has 166 valence electrons. The van der Waals surface area contributed by atoms with Crippen LogP contribution in [0.15, 0.2) is 16.9 Å². The molecular formula is C18H11BrF5N7S. The van der Waals surface area contributed by atoms with Gasteiger partial charge in [0.05, 0.1) is 15.7 Å². The highest BCUT2D eigenvalue weighted by molar-refractivity contribution is 9.10. The number of halogens is 6. The Balaban J connectivity index is 1.63. The van der Waals surface area contributed by atoms with Gasteiger partial charge < -0.3 is 0 Å². The van der Waals surface area contributed by atoms with Crippen LogP contribution < -0.4 is 0 Å². The quantitative estimate of drug-likeness (QED) is 0.289. The van der Waals surface area contributed by atoms with Crippen molar-refractivity contribution < 1.29 is 22.0 Å². The number of alkyl halides is 5. The van der Waals surface area contributed by atoms with Crippen LogP contribution in [-0.2, 0) is 12.7 Å². The number of aryl methyl sites for hydroxylation is 1. The second-order valence-corrected chi connectivity index (χ2v) is 8.86. The number of pyridine rings is 1. The predicted octanol–water partition coefficient (Wildman–Crippen LogP) is 5.47. The van der Waals surface area contributed by atoms with Gasteiger partial charge in [-0.1, -0.05) is 0 Å². The number of fused-ring (bicyclic) bond motifs is 5. The largest absolute Gasteiger partial charge is 0.436 e. The molecule has 0 aliphatic carbocycles. The lowest BCUT2D eigenvalue weighted by Crippen LogP contribution is -2.10. The summed E-state index contributed by atoms with van der Waals surface area (Å²) in [5.74, 6) is 0.224. The van der Waals surface area contributed by atoms with Crippen molar-refractivity contribution >= 4 is 53.3 Å². The first-order valence-electron chi connectivity index (χ1n) is 9.07. The third-order valence-corrected chi connectivity index (χ3v) is 6.96. The lowest BCUT2D eigenvalue weighted by atomic mass is 10.1. The van der Waals surface area contributed by atoms with E-state index in [0.717, 1.165) is 16.0 Å². The molecule has 5 aromatic heterocycles. The molecule has 32 heavy (non-hydrogen) atoms.